The number of fused-ring (bicyclic) bond motifs is 1. The average molecular weight is 242 g/mol. The summed E-state index contributed by atoms with van der Waals surface area (Å²) in [6.07, 6.45) is 3.54. The SMILES string of the molecule is Cc1c[nH]c2ccc(-c3cnn(C)c3N)c(O)c12. The van der Waals surface area contributed by atoms with Crippen LogP contribution in [0.2, 0.25) is 0 Å². The second-order valence-corrected chi connectivity index (χ2v) is 4.42. The maximum Gasteiger partial charge on any atom is 0.133 e. The van der Waals surface area contributed by atoms with E-state index in [0.717, 1.165) is 22.0 Å². The van der Waals surface area contributed by atoms with Crippen LogP contribution < -0.4 is 5.73 Å². The molecular formula is C13H14N4O. The first-order chi connectivity index (χ1) is 8.59. The van der Waals surface area contributed by atoms with Crippen LogP contribution in [-0.4, -0.2) is 19.9 Å². The largest absolute Gasteiger partial charge is 0.507 e. The van der Waals surface area contributed by atoms with E-state index in [2.05, 4.69) is 10.1 Å². The Morgan fingerprint density at radius 2 is 2.11 bits per heavy atom. The summed E-state index contributed by atoms with van der Waals surface area (Å²) in [5.41, 5.74) is 9.31. The highest BCUT2D eigenvalue weighted by Crippen LogP contribution is 2.39. The molecule has 0 amide bonds. The van der Waals surface area contributed by atoms with E-state index in [1.165, 1.54) is 0 Å². The number of aromatic nitrogens is 3. The molecule has 2 aromatic heterocycles. The third-order valence-corrected chi connectivity index (χ3v) is 3.29. The summed E-state index contributed by atoms with van der Waals surface area (Å²) in [5, 5.41) is 15.3. The third-order valence-electron chi connectivity index (χ3n) is 3.29. The molecule has 0 aliphatic heterocycles. The van der Waals surface area contributed by atoms with Gasteiger partial charge in [-0.15, -0.1) is 0 Å². The first kappa shape index (κ1) is 10.7. The van der Waals surface area contributed by atoms with Crippen LogP contribution >= 0.6 is 0 Å². The van der Waals surface area contributed by atoms with E-state index in [0.29, 0.717) is 11.4 Å². The number of aromatic hydroxyl groups is 1. The van der Waals surface area contributed by atoms with Gasteiger partial charge >= 0.3 is 0 Å². The van der Waals surface area contributed by atoms with Crippen LogP contribution in [0.3, 0.4) is 0 Å². The number of H-pyrrole nitrogens is 1. The summed E-state index contributed by atoms with van der Waals surface area (Å²) in [4.78, 5) is 3.12. The van der Waals surface area contributed by atoms with Crippen molar-refractivity contribution in [1.29, 1.82) is 0 Å². The Balaban J connectivity index is 2.33. The quantitative estimate of drug-likeness (QED) is 0.611. The van der Waals surface area contributed by atoms with E-state index in [1.54, 1.807) is 17.9 Å². The van der Waals surface area contributed by atoms with Crippen LogP contribution in [0.25, 0.3) is 22.0 Å². The summed E-state index contributed by atoms with van der Waals surface area (Å²) in [6.45, 7) is 1.95. The molecule has 0 atom stereocenters. The predicted octanol–water partition coefficient (Wildman–Crippen LogP) is 2.16. The number of anilines is 1. The number of phenolic OH excluding ortho intramolecular Hbond substituents is 1. The van der Waals surface area contributed by atoms with Gasteiger partial charge in [0.25, 0.3) is 0 Å². The summed E-state index contributed by atoms with van der Waals surface area (Å²) in [7, 11) is 1.77. The lowest BCUT2D eigenvalue weighted by Gasteiger charge is -2.06. The van der Waals surface area contributed by atoms with Gasteiger partial charge < -0.3 is 15.8 Å². The normalized spacial score (nSPS) is 11.2. The molecule has 0 fully saturated rings. The van der Waals surface area contributed by atoms with Crippen LogP contribution in [0.15, 0.2) is 24.5 Å². The number of nitrogens with one attached hydrogen (secondary N) is 1. The molecule has 92 valence electrons. The van der Waals surface area contributed by atoms with E-state index in [4.69, 9.17) is 5.73 Å². The van der Waals surface area contributed by atoms with Gasteiger partial charge in [0.15, 0.2) is 0 Å². The number of rotatable bonds is 1. The van der Waals surface area contributed by atoms with Gasteiger partial charge in [-0.05, 0) is 24.6 Å². The molecule has 18 heavy (non-hydrogen) atoms. The van der Waals surface area contributed by atoms with Gasteiger partial charge in [-0.25, -0.2) is 0 Å². The number of hydrogen-bond acceptors (Lipinski definition) is 3. The van der Waals surface area contributed by atoms with Gasteiger partial charge in [0, 0.05) is 35.3 Å². The Kier molecular flexibility index (Phi) is 2.10. The first-order valence-corrected chi connectivity index (χ1v) is 5.67. The molecule has 0 unspecified atom stereocenters. The van der Waals surface area contributed by atoms with Crippen molar-refractivity contribution in [1.82, 2.24) is 14.8 Å². The van der Waals surface area contributed by atoms with Crippen molar-refractivity contribution in [2.75, 3.05) is 5.73 Å². The number of hydrogen-bond donors (Lipinski definition) is 3. The second-order valence-electron chi connectivity index (χ2n) is 4.42. The van der Waals surface area contributed by atoms with Gasteiger partial charge in [-0.3, -0.25) is 4.68 Å². The molecule has 4 N–H and O–H groups in total. The number of aryl methyl sites for hydroxylation is 2. The average Bonchev–Trinajstić information content (AvgIpc) is 2.87. The van der Waals surface area contributed by atoms with Crippen LogP contribution in [0.1, 0.15) is 5.56 Å². The van der Waals surface area contributed by atoms with E-state index in [1.807, 2.05) is 25.3 Å². The zero-order valence-corrected chi connectivity index (χ0v) is 10.2. The van der Waals surface area contributed by atoms with Crippen LogP contribution in [0.4, 0.5) is 5.82 Å². The van der Waals surface area contributed by atoms with Crippen molar-refractivity contribution in [3.8, 4) is 16.9 Å². The van der Waals surface area contributed by atoms with Crippen molar-refractivity contribution < 1.29 is 5.11 Å². The minimum Gasteiger partial charge on any atom is -0.507 e. The van der Waals surface area contributed by atoms with Crippen LogP contribution in [0.5, 0.6) is 5.75 Å². The maximum absolute atomic E-state index is 10.4. The first-order valence-electron chi connectivity index (χ1n) is 5.67. The minimum atomic E-state index is 0.242. The molecule has 0 aliphatic carbocycles. The van der Waals surface area contributed by atoms with Gasteiger partial charge in [-0.1, -0.05) is 0 Å². The highest BCUT2D eigenvalue weighted by atomic mass is 16.3. The van der Waals surface area contributed by atoms with Crippen molar-refractivity contribution in [3.63, 3.8) is 0 Å². The zero-order chi connectivity index (χ0) is 12.9. The molecule has 0 bridgehead atoms. The van der Waals surface area contributed by atoms with Crippen LogP contribution in [0, 0.1) is 6.92 Å². The molecule has 0 saturated carbocycles. The predicted molar refractivity (Wildman–Crippen MR) is 71.3 cm³/mol. The fraction of sp³-hybridized carbons (Fsp3) is 0.154. The van der Waals surface area contributed by atoms with Gasteiger partial charge in [0.05, 0.1) is 6.20 Å². The molecule has 5 nitrogen and oxygen atoms in total. The Morgan fingerprint density at radius 3 is 2.78 bits per heavy atom. The summed E-state index contributed by atoms with van der Waals surface area (Å²) < 4.78 is 1.59. The molecule has 0 aliphatic rings. The van der Waals surface area contributed by atoms with Gasteiger partial charge in [-0.2, -0.15) is 5.10 Å². The smallest absolute Gasteiger partial charge is 0.133 e. The Morgan fingerprint density at radius 1 is 1.33 bits per heavy atom. The molecule has 3 rings (SSSR count). The summed E-state index contributed by atoms with van der Waals surface area (Å²) >= 11 is 0. The number of aromatic amines is 1. The van der Waals surface area contributed by atoms with Gasteiger partial charge in [0.1, 0.15) is 11.6 Å². The highest BCUT2D eigenvalue weighted by molar-refractivity contribution is 5.96. The van der Waals surface area contributed by atoms with E-state index in [9.17, 15) is 5.11 Å². The number of phenols is 1. The Hall–Kier alpha value is -2.43. The molecule has 3 aromatic rings. The minimum absolute atomic E-state index is 0.242. The van der Waals surface area contributed by atoms with Crippen molar-refractivity contribution >= 4 is 16.7 Å². The lowest BCUT2D eigenvalue weighted by atomic mass is 10.0. The number of nitrogen functional groups attached to an aromatic ring is 1. The molecule has 0 saturated heterocycles. The molecule has 0 spiro atoms. The topological polar surface area (TPSA) is 79.9 Å². The molecular weight excluding hydrogens is 228 g/mol. The maximum atomic E-state index is 10.4. The number of nitrogens with zero attached hydrogens (tertiary/aromatic N) is 2. The van der Waals surface area contributed by atoms with E-state index >= 15 is 0 Å². The van der Waals surface area contributed by atoms with Crippen molar-refractivity contribution in [2.24, 2.45) is 7.05 Å². The summed E-state index contributed by atoms with van der Waals surface area (Å²) in [6, 6.07) is 3.78. The summed E-state index contributed by atoms with van der Waals surface area (Å²) in [5.74, 6) is 0.781. The van der Waals surface area contributed by atoms with E-state index in [-0.39, 0.29) is 5.75 Å². The fourth-order valence-corrected chi connectivity index (χ4v) is 2.24. The Labute approximate surface area is 104 Å². The third kappa shape index (κ3) is 1.30. The Bertz CT molecular complexity index is 739. The van der Waals surface area contributed by atoms with E-state index < -0.39 is 0 Å². The van der Waals surface area contributed by atoms with Gasteiger partial charge in [0.2, 0.25) is 0 Å². The lowest BCUT2D eigenvalue weighted by molar-refractivity contribution is 0.483. The monoisotopic (exact) mass is 242 g/mol. The standard InChI is InChI=1S/C13H14N4O/c1-7-5-15-10-4-3-8(12(18)11(7)10)9-6-16-17(2)13(9)14/h3-6,15,18H,14H2,1-2H3. The molecule has 0 radical (unpaired) electrons. The number of benzene rings is 1. The van der Waals surface area contributed by atoms with Crippen molar-refractivity contribution in [3.05, 3.63) is 30.1 Å². The highest BCUT2D eigenvalue weighted by Gasteiger charge is 2.15. The molecule has 2 heterocycles. The molecule has 1 aromatic carbocycles. The second kappa shape index (κ2) is 3.53. The van der Waals surface area contributed by atoms with Crippen LogP contribution in [-0.2, 0) is 7.05 Å². The zero-order valence-electron chi connectivity index (χ0n) is 10.2. The van der Waals surface area contributed by atoms with Crippen molar-refractivity contribution in [2.45, 2.75) is 6.92 Å². The lowest BCUT2D eigenvalue weighted by Crippen LogP contribution is -1.98. The fourth-order valence-electron chi connectivity index (χ4n) is 2.24. The molecule has 5 heteroatoms. The number of nitrogens with two attached hydrogens (primary N) is 1.